The quantitative estimate of drug-likeness (QED) is 0.599. The summed E-state index contributed by atoms with van der Waals surface area (Å²) < 4.78 is 0. The number of unbranched alkanes of at least 4 members (excludes halogenated alkanes) is 3. The molecule has 1 aromatic rings. The van der Waals surface area contributed by atoms with Crippen LogP contribution < -0.4 is 5.73 Å². The Morgan fingerprint density at radius 3 is 2.60 bits per heavy atom. The monoisotopic (exact) mass is 282 g/mol. The van der Waals surface area contributed by atoms with Gasteiger partial charge < -0.3 is 15.7 Å². The van der Waals surface area contributed by atoms with Crippen LogP contribution in [0.3, 0.4) is 0 Å². The molecule has 6 nitrogen and oxygen atoms in total. The number of carbonyl (C=O) groups is 1. The van der Waals surface area contributed by atoms with E-state index in [1.54, 1.807) is 4.90 Å². The summed E-state index contributed by atoms with van der Waals surface area (Å²) in [4.78, 5) is 14.0. The zero-order valence-corrected chi connectivity index (χ0v) is 12.5. The van der Waals surface area contributed by atoms with Crippen LogP contribution in [-0.4, -0.2) is 45.8 Å². The maximum Gasteiger partial charge on any atom is 0.276 e. The fraction of sp³-hybridized carbons (Fsp3) is 0.714. The first-order valence-corrected chi connectivity index (χ1v) is 7.38. The molecule has 1 rings (SSSR count). The molecule has 0 bridgehead atoms. The number of hydrogen-bond acceptors (Lipinski definition) is 4. The molecule has 0 aromatic carbocycles. The Labute approximate surface area is 120 Å². The van der Waals surface area contributed by atoms with Gasteiger partial charge in [0.1, 0.15) is 0 Å². The second-order valence-corrected chi connectivity index (χ2v) is 4.89. The zero-order chi connectivity index (χ0) is 15.0. The smallest absolute Gasteiger partial charge is 0.276 e. The summed E-state index contributed by atoms with van der Waals surface area (Å²) in [5, 5.41) is 15.9. The van der Waals surface area contributed by atoms with Gasteiger partial charge in [0, 0.05) is 13.1 Å². The minimum absolute atomic E-state index is 0.0511. The zero-order valence-electron chi connectivity index (χ0n) is 12.5. The number of H-pyrrole nitrogens is 1. The van der Waals surface area contributed by atoms with Crippen molar-refractivity contribution < 1.29 is 9.90 Å². The molecule has 1 amide bonds. The van der Waals surface area contributed by atoms with Crippen molar-refractivity contribution >= 4 is 11.6 Å². The first-order valence-electron chi connectivity index (χ1n) is 7.38. The molecule has 6 heteroatoms. The minimum atomic E-state index is -0.205. The summed E-state index contributed by atoms with van der Waals surface area (Å²) in [7, 11) is 0. The summed E-state index contributed by atoms with van der Waals surface area (Å²) in [6.07, 6.45) is 5.04. The summed E-state index contributed by atoms with van der Waals surface area (Å²) in [6, 6.07) is 0. The average molecular weight is 282 g/mol. The second-order valence-electron chi connectivity index (χ2n) is 4.89. The number of nitrogens with one attached hydrogen (secondary N) is 1. The van der Waals surface area contributed by atoms with E-state index >= 15 is 0 Å². The number of nitrogens with zero attached hydrogens (tertiary/aromatic N) is 2. The maximum absolute atomic E-state index is 12.4. The lowest BCUT2D eigenvalue weighted by atomic mass is 10.2. The van der Waals surface area contributed by atoms with Gasteiger partial charge in [-0.2, -0.15) is 5.10 Å². The Balaban J connectivity index is 2.69. The highest BCUT2D eigenvalue weighted by Gasteiger charge is 2.21. The van der Waals surface area contributed by atoms with E-state index in [9.17, 15) is 4.79 Å². The van der Waals surface area contributed by atoms with Crippen LogP contribution in [0.4, 0.5) is 5.69 Å². The van der Waals surface area contributed by atoms with Crippen LogP contribution in [0.25, 0.3) is 0 Å². The van der Waals surface area contributed by atoms with Crippen LogP contribution in [0.2, 0.25) is 0 Å². The molecule has 0 spiro atoms. The summed E-state index contributed by atoms with van der Waals surface area (Å²) >= 11 is 0. The first-order chi connectivity index (χ1) is 9.65. The van der Waals surface area contributed by atoms with Crippen LogP contribution in [0.15, 0.2) is 0 Å². The molecule has 1 aromatic heterocycles. The average Bonchev–Trinajstić information content (AvgIpc) is 2.82. The number of rotatable bonds is 9. The number of nitrogen functional groups attached to an aromatic ring is 1. The van der Waals surface area contributed by atoms with Crippen molar-refractivity contribution in [3.05, 3.63) is 11.4 Å². The van der Waals surface area contributed by atoms with Gasteiger partial charge in [-0.15, -0.1) is 0 Å². The molecule has 0 aliphatic carbocycles. The van der Waals surface area contributed by atoms with E-state index in [0.29, 0.717) is 25.2 Å². The molecule has 0 aliphatic heterocycles. The van der Waals surface area contributed by atoms with Crippen molar-refractivity contribution in [2.24, 2.45) is 0 Å². The Hall–Kier alpha value is -1.56. The van der Waals surface area contributed by atoms with Crippen molar-refractivity contribution in [2.75, 3.05) is 25.4 Å². The molecule has 20 heavy (non-hydrogen) atoms. The molecule has 0 saturated heterocycles. The normalized spacial score (nSPS) is 10.8. The fourth-order valence-electron chi connectivity index (χ4n) is 2.13. The van der Waals surface area contributed by atoms with Gasteiger partial charge in [0.2, 0.25) is 0 Å². The first kappa shape index (κ1) is 16.5. The Morgan fingerprint density at radius 1 is 1.30 bits per heavy atom. The summed E-state index contributed by atoms with van der Waals surface area (Å²) in [5.41, 5.74) is 7.40. The van der Waals surface area contributed by atoms with Crippen LogP contribution in [-0.2, 0) is 6.42 Å². The molecule has 0 unspecified atom stereocenters. The number of aliphatic hydroxyl groups excluding tert-OH is 1. The van der Waals surface area contributed by atoms with E-state index in [-0.39, 0.29) is 18.2 Å². The number of aromatic amines is 1. The van der Waals surface area contributed by atoms with E-state index in [1.807, 2.05) is 6.92 Å². The SMILES string of the molecule is CCCCCCN(CCO)C(=O)c1n[nH]c(CC)c1N. The topological polar surface area (TPSA) is 95.2 Å². The summed E-state index contributed by atoms with van der Waals surface area (Å²) in [6.45, 7) is 5.00. The molecular weight excluding hydrogens is 256 g/mol. The van der Waals surface area contributed by atoms with Gasteiger partial charge in [-0.25, -0.2) is 0 Å². The van der Waals surface area contributed by atoms with Gasteiger partial charge in [0.05, 0.1) is 18.0 Å². The number of carbonyl (C=O) groups excluding carboxylic acids is 1. The standard InChI is InChI=1S/C14H26N4O2/c1-3-5-6-7-8-18(9-10-19)14(20)13-12(15)11(4-2)16-17-13/h19H,3-10,15H2,1-2H3,(H,16,17). The Bertz CT molecular complexity index is 417. The lowest BCUT2D eigenvalue weighted by Crippen LogP contribution is -2.35. The number of aromatic nitrogens is 2. The molecule has 0 saturated carbocycles. The third-order valence-corrected chi connectivity index (χ3v) is 3.38. The van der Waals surface area contributed by atoms with Crippen LogP contribution >= 0.6 is 0 Å². The van der Waals surface area contributed by atoms with Gasteiger partial charge in [0.15, 0.2) is 5.69 Å². The van der Waals surface area contributed by atoms with Crippen LogP contribution in [0.1, 0.15) is 55.7 Å². The molecule has 1 heterocycles. The van der Waals surface area contributed by atoms with E-state index in [2.05, 4.69) is 17.1 Å². The number of amides is 1. The Kier molecular flexibility index (Phi) is 7.08. The molecule has 4 N–H and O–H groups in total. The van der Waals surface area contributed by atoms with Crippen molar-refractivity contribution in [3.63, 3.8) is 0 Å². The largest absolute Gasteiger partial charge is 0.395 e. The van der Waals surface area contributed by atoms with Crippen molar-refractivity contribution in [1.29, 1.82) is 0 Å². The highest BCUT2D eigenvalue weighted by atomic mass is 16.3. The Morgan fingerprint density at radius 2 is 2.05 bits per heavy atom. The highest BCUT2D eigenvalue weighted by Crippen LogP contribution is 2.17. The van der Waals surface area contributed by atoms with E-state index in [1.165, 1.54) is 0 Å². The lowest BCUT2D eigenvalue weighted by Gasteiger charge is -2.21. The van der Waals surface area contributed by atoms with Crippen molar-refractivity contribution in [2.45, 2.75) is 46.0 Å². The predicted molar refractivity (Wildman–Crippen MR) is 79.5 cm³/mol. The van der Waals surface area contributed by atoms with Crippen LogP contribution in [0.5, 0.6) is 0 Å². The second kappa shape index (κ2) is 8.58. The minimum Gasteiger partial charge on any atom is -0.395 e. The van der Waals surface area contributed by atoms with Crippen molar-refractivity contribution in [1.82, 2.24) is 15.1 Å². The lowest BCUT2D eigenvalue weighted by molar-refractivity contribution is 0.0713. The molecule has 0 fully saturated rings. The molecule has 114 valence electrons. The van der Waals surface area contributed by atoms with E-state index in [0.717, 1.165) is 31.4 Å². The third-order valence-electron chi connectivity index (χ3n) is 3.38. The molecule has 0 atom stereocenters. The van der Waals surface area contributed by atoms with E-state index < -0.39 is 0 Å². The predicted octanol–water partition coefficient (Wildman–Crippen LogP) is 1.57. The van der Waals surface area contributed by atoms with Gasteiger partial charge in [-0.3, -0.25) is 9.89 Å². The number of aryl methyl sites for hydroxylation is 1. The van der Waals surface area contributed by atoms with E-state index in [4.69, 9.17) is 10.8 Å². The summed E-state index contributed by atoms with van der Waals surface area (Å²) in [5.74, 6) is -0.205. The molecule has 0 aliphatic rings. The number of aliphatic hydroxyl groups is 1. The number of hydrogen-bond donors (Lipinski definition) is 3. The number of anilines is 1. The van der Waals surface area contributed by atoms with Crippen LogP contribution in [0, 0.1) is 0 Å². The maximum atomic E-state index is 12.4. The van der Waals surface area contributed by atoms with Gasteiger partial charge in [-0.1, -0.05) is 33.1 Å². The molecular formula is C14H26N4O2. The highest BCUT2D eigenvalue weighted by molar-refractivity contribution is 5.97. The number of nitrogens with two attached hydrogens (primary N) is 1. The van der Waals surface area contributed by atoms with Gasteiger partial charge in [0.25, 0.3) is 5.91 Å². The van der Waals surface area contributed by atoms with Gasteiger partial charge in [-0.05, 0) is 12.8 Å². The third kappa shape index (κ3) is 4.23. The van der Waals surface area contributed by atoms with Crippen molar-refractivity contribution in [3.8, 4) is 0 Å². The molecule has 0 radical (unpaired) electrons. The fourth-order valence-corrected chi connectivity index (χ4v) is 2.13. The van der Waals surface area contributed by atoms with Gasteiger partial charge >= 0.3 is 0 Å².